The Morgan fingerprint density at radius 1 is 0.794 bits per heavy atom. The summed E-state index contributed by atoms with van der Waals surface area (Å²) < 4.78 is 0. The SMILES string of the molecule is CC(=O)NCCNc1cc(NCCNC(=O)c2ccc(N(C)C)cc2)nc(-c2ccccc2)n1. The predicted molar refractivity (Wildman–Crippen MR) is 136 cm³/mol. The first-order valence-electron chi connectivity index (χ1n) is 11.1. The number of carbonyl (C=O) groups excluding carboxylic acids is 2. The van der Waals surface area contributed by atoms with Gasteiger partial charge in [-0.1, -0.05) is 30.3 Å². The van der Waals surface area contributed by atoms with E-state index in [4.69, 9.17) is 0 Å². The second-order valence-electron chi connectivity index (χ2n) is 7.86. The third kappa shape index (κ3) is 7.47. The summed E-state index contributed by atoms with van der Waals surface area (Å²) in [7, 11) is 3.92. The molecule has 1 heterocycles. The Hall–Kier alpha value is -4.14. The van der Waals surface area contributed by atoms with Crippen LogP contribution in [0.2, 0.25) is 0 Å². The minimum atomic E-state index is -0.125. The first-order chi connectivity index (χ1) is 16.4. The minimum Gasteiger partial charge on any atom is -0.378 e. The van der Waals surface area contributed by atoms with Gasteiger partial charge in [-0.3, -0.25) is 9.59 Å². The largest absolute Gasteiger partial charge is 0.378 e. The average Bonchev–Trinajstić information content (AvgIpc) is 2.85. The lowest BCUT2D eigenvalue weighted by atomic mass is 10.2. The van der Waals surface area contributed by atoms with Gasteiger partial charge in [0.25, 0.3) is 5.91 Å². The van der Waals surface area contributed by atoms with Gasteiger partial charge in [-0.05, 0) is 24.3 Å². The number of hydrogen-bond acceptors (Lipinski definition) is 7. The van der Waals surface area contributed by atoms with E-state index in [0.29, 0.717) is 49.2 Å². The molecule has 0 saturated carbocycles. The summed E-state index contributed by atoms with van der Waals surface area (Å²) >= 11 is 0. The summed E-state index contributed by atoms with van der Waals surface area (Å²) in [6.07, 6.45) is 0. The number of rotatable bonds is 11. The number of hydrogen-bond donors (Lipinski definition) is 4. The fraction of sp³-hybridized carbons (Fsp3) is 0.280. The van der Waals surface area contributed by atoms with Crippen LogP contribution in [-0.2, 0) is 4.79 Å². The van der Waals surface area contributed by atoms with Crippen molar-refractivity contribution < 1.29 is 9.59 Å². The molecular formula is C25H31N7O2. The lowest BCUT2D eigenvalue weighted by Crippen LogP contribution is -2.29. The summed E-state index contributed by atoms with van der Waals surface area (Å²) in [6, 6.07) is 19.0. The van der Waals surface area contributed by atoms with Crippen molar-refractivity contribution >= 4 is 29.1 Å². The topological polar surface area (TPSA) is 111 Å². The van der Waals surface area contributed by atoms with Crippen LogP contribution in [0.4, 0.5) is 17.3 Å². The second kappa shape index (κ2) is 12.2. The van der Waals surface area contributed by atoms with Crippen LogP contribution in [0.25, 0.3) is 11.4 Å². The molecule has 178 valence electrons. The van der Waals surface area contributed by atoms with E-state index in [0.717, 1.165) is 11.3 Å². The Kier molecular flexibility index (Phi) is 8.79. The number of amides is 2. The van der Waals surface area contributed by atoms with Crippen LogP contribution in [0.15, 0.2) is 60.7 Å². The van der Waals surface area contributed by atoms with Gasteiger partial charge in [0.15, 0.2) is 5.82 Å². The molecule has 0 radical (unpaired) electrons. The van der Waals surface area contributed by atoms with Crippen LogP contribution in [-0.4, -0.2) is 62.1 Å². The lowest BCUT2D eigenvalue weighted by molar-refractivity contribution is -0.118. The summed E-state index contributed by atoms with van der Waals surface area (Å²) in [6.45, 7) is 3.44. The Labute approximate surface area is 200 Å². The average molecular weight is 462 g/mol. The highest BCUT2D eigenvalue weighted by molar-refractivity contribution is 5.94. The molecule has 0 aliphatic carbocycles. The summed E-state index contributed by atoms with van der Waals surface area (Å²) in [5, 5.41) is 12.1. The smallest absolute Gasteiger partial charge is 0.251 e. The van der Waals surface area contributed by atoms with Gasteiger partial charge in [0.05, 0.1) is 0 Å². The number of aromatic nitrogens is 2. The number of anilines is 3. The highest BCUT2D eigenvalue weighted by atomic mass is 16.2. The van der Waals surface area contributed by atoms with Crippen molar-refractivity contribution in [3.63, 3.8) is 0 Å². The van der Waals surface area contributed by atoms with Crippen LogP contribution in [0.5, 0.6) is 0 Å². The zero-order valence-corrected chi connectivity index (χ0v) is 19.8. The van der Waals surface area contributed by atoms with E-state index in [1.807, 2.05) is 79.7 Å². The Bertz CT molecular complexity index is 1090. The molecular weight excluding hydrogens is 430 g/mol. The van der Waals surface area contributed by atoms with Crippen LogP contribution in [0, 0.1) is 0 Å². The third-order valence-corrected chi connectivity index (χ3v) is 4.93. The molecule has 34 heavy (non-hydrogen) atoms. The molecule has 0 bridgehead atoms. The first kappa shape index (κ1) is 24.5. The van der Waals surface area contributed by atoms with E-state index in [9.17, 15) is 9.59 Å². The van der Waals surface area contributed by atoms with Crippen LogP contribution in [0.1, 0.15) is 17.3 Å². The maximum Gasteiger partial charge on any atom is 0.251 e. The molecule has 2 amide bonds. The first-order valence-corrected chi connectivity index (χ1v) is 11.1. The van der Waals surface area contributed by atoms with E-state index in [1.165, 1.54) is 6.92 Å². The zero-order valence-electron chi connectivity index (χ0n) is 19.8. The Balaban J connectivity index is 1.59. The highest BCUT2D eigenvalue weighted by Crippen LogP contribution is 2.20. The molecule has 2 aromatic carbocycles. The van der Waals surface area contributed by atoms with Gasteiger partial charge in [-0.25, -0.2) is 9.97 Å². The van der Waals surface area contributed by atoms with Crippen molar-refractivity contribution in [3.05, 3.63) is 66.2 Å². The number of benzene rings is 2. The van der Waals surface area contributed by atoms with Crippen molar-refractivity contribution in [1.29, 1.82) is 0 Å². The summed E-state index contributed by atoms with van der Waals surface area (Å²) in [5.41, 5.74) is 2.55. The van der Waals surface area contributed by atoms with E-state index in [-0.39, 0.29) is 11.8 Å². The molecule has 3 rings (SSSR count). The molecule has 9 nitrogen and oxygen atoms in total. The maximum atomic E-state index is 12.4. The van der Waals surface area contributed by atoms with Gasteiger partial charge in [-0.2, -0.15) is 0 Å². The Morgan fingerprint density at radius 3 is 1.94 bits per heavy atom. The molecule has 0 aliphatic heterocycles. The van der Waals surface area contributed by atoms with Crippen LogP contribution >= 0.6 is 0 Å². The summed E-state index contributed by atoms with van der Waals surface area (Å²) in [5.74, 6) is 1.66. The molecule has 0 unspecified atom stereocenters. The van der Waals surface area contributed by atoms with Gasteiger partial charge >= 0.3 is 0 Å². The predicted octanol–water partition coefficient (Wildman–Crippen LogP) is 2.60. The van der Waals surface area contributed by atoms with Gasteiger partial charge in [0.2, 0.25) is 5.91 Å². The molecule has 4 N–H and O–H groups in total. The normalized spacial score (nSPS) is 10.3. The third-order valence-electron chi connectivity index (χ3n) is 4.93. The van der Waals surface area contributed by atoms with Gasteiger partial charge in [0, 0.05) is 70.1 Å². The van der Waals surface area contributed by atoms with Crippen molar-refractivity contribution in [1.82, 2.24) is 20.6 Å². The molecule has 1 aromatic heterocycles. The zero-order chi connectivity index (χ0) is 24.3. The highest BCUT2D eigenvalue weighted by Gasteiger charge is 2.08. The number of nitrogens with one attached hydrogen (secondary N) is 4. The van der Waals surface area contributed by atoms with Crippen LogP contribution < -0.4 is 26.2 Å². The standard InChI is InChI=1S/C25H31N7O2/c1-18(33)26-13-14-27-22-17-23(31-24(30-22)19-7-5-4-6-8-19)28-15-16-29-25(34)20-9-11-21(12-10-20)32(2)3/h4-12,17H,13-16H2,1-3H3,(H,26,33)(H,29,34)(H2,27,28,30,31). The van der Waals surface area contributed by atoms with E-state index >= 15 is 0 Å². The molecule has 0 aliphatic rings. The molecule has 0 spiro atoms. The van der Waals surface area contributed by atoms with Crippen molar-refractivity contribution in [3.8, 4) is 11.4 Å². The minimum absolute atomic E-state index is 0.0764. The Morgan fingerprint density at radius 2 is 1.38 bits per heavy atom. The summed E-state index contributed by atoms with van der Waals surface area (Å²) in [4.78, 5) is 34.7. The van der Waals surface area contributed by atoms with E-state index in [1.54, 1.807) is 0 Å². The fourth-order valence-corrected chi connectivity index (χ4v) is 3.15. The van der Waals surface area contributed by atoms with Crippen molar-refractivity contribution in [2.24, 2.45) is 0 Å². The molecule has 9 heteroatoms. The van der Waals surface area contributed by atoms with E-state index < -0.39 is 0 Å². The van der Waals surface area contributed by atoms with Gasteiger partial charge < -0.3 is 26.2 Å². The van der Waals surface area contributed by atoms with Crippen molar-refractivity contribution in [2.45, 2.75) is 6.92 Å². The fourth-order valence-electron chi connectivity index (χ4n) is 3.15. The number of carbonyl (C=O) groups is 2. The number of nitrogens with zero attached hydrogens (tertiary/aromatic N) is 3. The molecule has 0 saturated heterocycles. The monoisotopic (exact) mass is 461 g/mol. The lowest BCUT2D eigenvalue weighted by Gasteiger charge is -2.13. The van der Waals surface area contributed by atoms with E-state index in [2.05, 4.69) is 31.2 Å². The van der Waals surface area contributed by atoms with Crippen molar-refractivity contribution in [2.75, 3.05) is 55.8 Å². The van der Waals surface area contributed by atoms with Gasteiger partial charge in [0.1, 0.15) is 11.6 Å². The second-order valence-corrected chi connectivity index (χ2v) is 7.86. The van der Waals surface area contributed by atoms with Gasteiger partial charge in [-0.15, -0.1) is 0 Å². The molecule has 3 aromatic rings. The maximum absolute atomic E-state index is 12.4. The quantitative estimate of drug-likeness (QED) is 0.325. The molecule has 0 atom stereocenters. The molecule has 0 fully saturated rings. The van der Waals surface area contributed by atoms with Crippen LogP contribution in [0.3, 0.4) is 0 Å².